The molecule has 3 aliphatic heterocycles. The second-order valence-electron chi connectivity index (χ2n) is 17.6. The summed E-state index contributed by atoms with van der Waals surface area (Å²) in [5.41, 5.74) is 6.02. The van der Waals surface area contributed by atoms with E-state index in [4.69, 9.17) is 24.7 Å². The summed E-state index contributed by atoms with van der Waals surface area (Å²) in [6.45, 7) is 6.74. The maximum Gasteiger partial charge on any atom is 0.311 e. The van der Waals surface area contributed by atoms with Gasteiger partial charge in [0, 0.05) is 31.1 Å². The molecule has 0 radical (unpaired) electrons. The average Bonchev–Trinajstić information content (AvgIpc) is 3.21. The number of hydrogen-bond donors (Lipinski definition) is 12. The van der Waals surface area contributed by atoms with Gasteiger partial charge in [0.05, 0.1) is 79.6 Å². The topological polar surface area (TPSA) is 320 Å². The van der Waals surface area contributed by atoms with Crippen LogP contribution in [-0.2, 0) is 28.5 Å². The first-order chi connectivity index (χ1) is 30.6. The Hall–Kier alpha value is -3.44. The van der Waals surface area contributed by atoms with Gasteiger partial charge in [-0.05, 0) is 39.5 Å². The van der Waals surface area contributed by atoms with Crippen molar-refractivity contribution in [2.45, 2.75) is 177 Å². The van der Waals surface area contributed by atoms with E-state index in [0.29, 0.717) is 0 Å². The zero-order chi connectivity index (χ0) is 48.4. The molecule has 18 heteroatoms. The minimum Gasteiger partial charge on any atom is -0.481 e. The zero-order valence-corrected chi connectivity index (χ0v) is 37.6. The van der Waals surface area contributed by atoms with Crippen LogP contribution in [-0.4, -0.2) is 166 Å². The minimum absolute atomic E-state index is 0.140. The summed E-state index contributed by atoms with van der Waals surface area (Å²) < 4.78 is 23.1. The van der Waals surface area contributed by atoms with Gasteiger partial charge >= 0.3 is 11.9 Å². The van der Waals surface area contributed by atoms with Gasteiger partial charge in [-0.3, -0.25) is 9.59 Å². The van der Waals surface area contributed by atoms with Crippen LogP contribution in [0.25, 0.3) is 0 Å². The summed E-state index contributed by atoms with van der Waals surface area (Å²) in [6.07, 6.45) is 3.49. The lowest BCUT2D eigenvalue weighted by Gasteiger charge is -2.45. The second kappa shape index (κ2) is 27.4. The van der Waals surface area contributed by atoms with Crippen molar-refractivity contribution >= 4 is 11.9 Å². The number of allylic oxidation sites excluding steroid dienone is 12. The number of fused-ring (bicyclic) bond motifs is 2. The second-order valence-corrected chi connectivity index (χ2v) is 17.6. The van der Waals surface area contributed by atoms with Crippen LogP contribution in [0.3, 0.4) is 0 Å². The number of carbonyl (C=O) groups excluding carboxylic acids is 1. The van der Waals surface area contributed by atoms with E-state index in [2.05, 4.69) is 0 Å². The molecule has 3 aliphatic rings. The van der Waals surface area contributed by atoms with Gasteiger partial charge in [-0.15, -0.1) is 0 Å². The Bertz CT molecular complexity index is 1670. The van der Waals surface area contributed by atoms with E-state index < -0.39 is 141 Å². The molecule has 2 fully saturated rings. The Labute approximate surface area is 381 Å². The van der Waals surface area contributed by atoms with Crippen LogP contribution in [0.15, 0.2) is 85.1 Å². The molecule has 13 N–H and O–H groups in total. The van der Waals surface area contributed by atoms with Crippen LogP contribution >= 0.6 is 0 Å². The molecule has 18 nitrogen and oxygen atoms in total. The molecule has 0 aromatic heterocycles. The smallest absolute Gasteiger partial charge is 0.311 e. The number of nitrogens with two attached hydrogens (primary N) is 1. The van der Waals surface area contributed by atoms with Crippen molar-refractivity contribution in [2.24, 2.45) is 23.5 Å². The largest absolute Gasteiger partial charge is 0.481 e. The molecule has 3 heterocycles. The van der Waals surface area contributed by atoms with Crippen LogP contribution in [0, 0.1) is 17.8 Å². The third-order valence-electron chi connectivity index (χ3n) is 12.0. The number of rotatable bonds is 3. The molecular weight excluding hydrogens is 851 g/mol. The Kier molecular flexibility index (Phi) is 23.6. The lowest BCUT2D eigenvalue weighted by Crippen LogP contribution is -2.61. The Morgan fingerprint density at radius 2 is 1.20 bits per heavy atom. The minimum atomic E-state index is -2.36. The molecule has 368 valence electrons. The highest BCUT2D eigenvalue weighted by atomic mass is 16.7. The zero-order valence-electron chi connectivity index (χ0n) is 37.6. The first kappa shape index (κ1) is 55.9. The lowest BCUT2D eigenvalue weighted by atomic mass is 9.82. The Morgan fingerprint density at radius 1 is 0.662 bits per heavy atom. The van der Waals surface area contributed by atoms with Gasteiger partial charge in [0.15, 0.2) is 12.1 Å². The predicted octanol–water partition coefficient (Wildman–Crippen LogP) is 0.712. The molecule has 0 aromatic rings. The third kappa shape index (κ3) is 18.6. The summed E-state index contributed by atoms with van der Waals surface area (Å²) in [7, 11) is 0. The van der Waals surface area contributed by atoms with Crippen LogP contribution in [0.2, 0.25) is 0 Å². The number of carbonyl (C=O) groups is 2. The monoisotopic (exact) mass is 923 g/mol. The standard InChI is InChI=1S/C47H73NO17/c1-27-17-15-13-11-9-7-5-6-8-10-12-14-16-18-34(64-46-44(58)41(48)43(57)30(4)63-46)24-38-40(45(59)60)37(54)26-47(61,65-38)25-36(53)35(52)20-19-31(49)21-32(50)22-33(51)23-39(55)62-29(3)28(2)42(27)56/h5-18,27-38,40-44,46,49-54,56-58,61H,19-26,48H2,1-4H3,(H,59,60)/b6-5-,9-7-,10-8-,13-11-,14-12-,17-15-,18-16+/t27-,28-,29-,30-,31+,32+,33+,34-,35+,36+,37-,38-,40+,41+,42+,43-,44+,46+,47+/m0/s1. The molecule has 0 spiro atoms. The van der Waals surface area contributed by atoms with E-state index in [9.17, 15) is 65.8 Å². The fourth-order valence-corrected chi connectivity index (χ4v) is 7.96. The van der Waals surface area contributed by atoms with Crippen LogP contribution < -0.4 is 5.73 Å². The predicted molar refractivity (Wildman–Crippen MR) is 237 cm³/mol. The number of carboxylic acids is 1. The van der Waals surface area contributed by atoms with E-state index in [-0.39, 0.29) is 38.0 Å². The first-order valence-corrected chi connectivity index (χ1v) is 22.3. The van der Waals surface area contributed by atoms with Gasteiger partial charge in [0.25, 0.3) is 0 Å². The van der Waals surface area contributed by atoms with Gasteiger partial charge in [0.1, 0.15) is 18.1 Å². The highest BCUT2D eigenvalue weighted by Crippen LogP contribution is 2.38. The van der Waals surface area contributed by atoms with E-state index in [1.165, 1.54) is 13.0 Å². The molecule has 3 rings (SSSR count). The number of hydrogen-bond acceptors (Lipinski definition) is 17. The maximum absolute atomic E-state index is 12.6. The quantitative estimate of drug-likeness (QED) is 0.174. The van der Waals surface area contributed by atoms with Gasteiger partial charge in [-0.1, -0.05) is 98.9 Å². The van der Waals surface area contributed by atoms with Crippen molar-refractivity contribution in [3.63, 3.8) is 0 Å². The van der Waals surface area contributed by atoms with Gasteiger partial charge < -0.3 is 80.9 Å². The number of esters is 1. The third-order valence-corrected chi connectivity index (χ3v) is 12.0. The molecule has 65 heavy (non-hydrogen) atoms. The number of aliphatic carboxylic acids is 1. The molecule has 19 atom stereocenters. The molecule has 0 aliphatic carbocycles. The SMILES string of the molecule is C[C@@H]1[C@H](O)[C@@H](C)\C=C/C=C\C=C/C=C\C=C/C=C\C=C\[C@H](O[C@H]2O[C@@H](C)[C@H](O)[C@@H](N)[C@H]2O)C[C@@H]2O[C@](O)(C[C@@H](O)[C@H](O)CC[C@@H](O)C[C@@H](O)C[C@@H](O)CC(=O)O[C@H]1C)C[C@H](O)[C@H]2C(=O)O. The lowest BCUT2D eigenvalue weighted by molar-refractivity contribution is -0.310. The number of carboxylic acid groups (broad SMARTS) is 1. The summed E-state index contributed by atoms with van der Waals surface area (Å²) in [5, 5.41) is 118. The maximum atomic E-state index is 12.6. The molecule has 0 amide bonds. The van der Waals surface area contributed by atoms with Crippen molar-refractivity contribution in [1.82, 2.24) is 0 Å². The molecular formula is C47H73NO17. The van der Waals surface area contributed by atoms with Crippen molar-refractivity contribution < 1.29 is 84.7 Å². The fraction of sp³-hybridized carbons (Fsp3) is 0.660. The average molecular weight is 924 g/mol. The highest BCUT2D eigenvalue weighted by molar-refractivity contribution is 5.71. The summed E-state index contributed by atoms with van der Waals surface area (Å²) in [6, 6.07) is -1.15. The molecule has 0 aromatic carbocycles. The number of ether oxygens (including phenoxy) is 4. The normalized spacial score (nSPS) is 45.5. The molecule has 2 bridgehead atoms. The van der Waals surface area contributed by atoms with Crippen molar-refractivity contribution in [2.75, 3.05) is 0 Å². The summed E-state index contributed by atoms with van der Waals surface area (Å²) in [5.74, 6) is -6.88. The van der Waals surface area contributed by atoms with Gasteiger partial charge in [-0.25, -0.2) is 0 Å². The number of aliphatic hydroxyl groups excluding tert-OH is 9. The van der Waals surface area contributed by atoms with Crippen LogP contribution in [0.5, 0.6) is 0 Å². The molecule has 0 unspecified atom stereocenters. The van der Waals surface area contributed by atoms with Crippen LogP contribution in [0.1, 0.15) is 79.1 Å². The summed E-state index contributed by atoms with van der Waals surface area (Å²) in [4.78, 5) is 25.1. The van der Waals surface area contributed by atoms with Gasteiger partial charge in [-0.2, -0.15) is 0 Å². The van der Waals surface area contributed by atoms with E-state index in [1.54, 1.807) is 86.8 Å². The molecule has 2 saturated heterocycles. The first-order valence-electron chi connectivity index (χ1n) is 22.3. The molecule has 0 saturated carbocycles. The van der Waals surface area contributed by atoms with Crippen LogP contribution in [0.4, 0.5) is 0 Å². The number of aliphatic hydroxyl groups is 10. The Morgan fingerprint density at radius 3 is 1.78 bits per heavy atom. The van der Waals surface area contributed by atoms with Gasteiger partial charge in [0.2, 0.25) is 0 Å². The van der Waals surface area contributed by atoms with E-state index in [0.717, 1.165) is 0 Å². The van der Waals surface area contributed by atoms with Crippen molar-refractivity contribution in [3.05, 3.63) is 85.1 Å². The fourth-order valence-electron chi connectivity index (χ4n) is 7.96. The Balaban J connectivity index is 1.86. The van der Waals surface area contributed by atoms with Crippen molar-refractivity contribution in [1.29, 1.82) is 0 Å². The summed E-state index contributed by atoms with van der Waals surface area (Å²) >= 11 is 0. The van der Waals surface area contributed by atoms with E-state index >= 15 is 0 Å². The van der Waals surface area contributed by atoms with E-state index in [1.807, 2.05) is 13.0 Å². The number of cyclic esters (lactones) is 1. The highest BCUT2D eigenvalue weighted by Gasteiger charge is 2.51. The van der Waals surface area contributed by atoms with Crippen molar-refractivity contribution in [3.8, 4) is 0 Å².